The lowest BCUT2D eigenvalue weighted by Crippen LogP contribution is -2.15. The van der Waals surface area contributed by atoms with Crippen molar-refractivity contribution >= 4 is 11.6 Å². The van der Waals surface area contributed by atoms with E-state index in [9.17, 15) is 0 Å². The predicted octanol–water partition coefficient (Wildman–Crippen LogP) is 3.42. The van der Waals surface area contributed by atoms with Gasteiger partial charge in [-0.25, -0.2) is 0 Å². The zero-order valence-corrected chi connectivity index (χ0v) is 8.80. The summed E-state index contributed by atoms with van der Waals surface area (Å²) in [6.45, 7) is 4.54. The minimum atomic E-state index is 0.361. The molecule has 1 aliphatic rings. The van der Waals surface area contributed by atoms with E-state index in [1.54, 1.807) is 6.20 Å². The van der Waals surface area contributed by atoms with E-state index in [0.29, 0.717) is 11.3 Å². The molecule has 1 heterocycles. The van der Waals surface area contributed by atoms with Crippen molar-refractivity contribution in [3.8, 4) is 0 Å². The SMILES string of the molecule is CC(C)C1(c2ccncc2Cl)CC1. The normalized spacial score (nSPS) is 19.1. The lowest BCUT2D eigenvalue weighted by atomic mass is 9.85. The average Bonchev–Trinajstić information content (AvgIpc) is 2.85. The highest BCUT2D eigenvalue weighted by atomic mass is 35.5. The molecule has 0 saturated heterocycles. The zero-order valence-electron chi connectivity index (χ0n) is 8.05. The van der Waals surface area contributed by atoms with Crippen molar-refractivity contribution in [2.24, 2.45) is 5.92 Å². The fourth-order valence-corrected chi connectivity index (χ4v) is 2.38. The molecule has 0 N–H and O–H groups in total. The molecule has 13 heavy (non-hydrogen) atoms. The van der Waals surface area contributed by atoms with Gasteiger partial charge in [-0.05, 0) is 35.8 Å². The summed E-state index contributed by atoms with van der Waals surface area (Å²) in [6.07, 6.45) is 6.13. The van der Waals surface area contributed by atoms with Crippen LogP contribution in [0, 0.1) is 5.92 Å². The third-order valence-corrected chi connectivity index (χ3v) is 3.50. The maximum absolute atomic E-state index is 6.13. The van der Waals surface area contributed by atoms with Crippen LogP contribution in [0.4, 0.5) is 0 Å². The molecule has 0 aliphatic heterocycles. The van der Waals surface area contributed by atoms with Crippen molar-refractivity contribution in [1.29, 1.82) is 0 Å². The van der Waals surface area contributed by atoms with Crippen molar-refractivity contribution in [1.82, 2.24) is 4.98 Å². The summed E-state index contributed by atoms with van der Waals surface area (Å²) in [5.74, 6) is 0.674. The van der Waals surface area contributed by atoms with E-state index in [1.165, 1.54) is 18.4 Å². The van der Waals surface area contributed by atoms with Crippen LogP contribution in [-0.2, 0) is 5.41 Å². The molecule has 0 spiro atoms. The molecule has 0 amide bonds. The first kappa shape index (κ1) is 9.01. The van der Waals surface area contributed by atoms with Gasteiger partial charge in [0.2, 0.25) is 0 Å². The number of aromatic nitrogens is 1. The summed E-state index contributed by atoms with van der Waals surface area (Å²) < 4.78 is 0. The molecule has 0 unspecified atom stereocenters. The molecule has 0 atom stereocenters. The third kappa shape index (κ3) is 1.35. The summed E-state index contributed by atoms with van der Waals surface area (Å²) in [7, 11) is 0. The van der Waals surface area contributed by atoms with Crippen LogP contribution in [-0.4, -0.2) is 4.98 Å². The molecule has 0 radical (unpaired) electrons. The van der Waals surface area contributed by atoms with Crippen LogP contribution in [0.5, 0.6) is 0 Å². The maximum atomic E-state index is 6.13. The van der Waals surface area contributed by atoms with Gasteiger partial charge in [0.05, 0.1) is 5.02 Å². The first-order valence-electron chi connectivity index (χ1n) is 4.77. The number of halogens is 1. The smallest absolute Gasteiger partial charge is 0.0627 e. The third-order valence-electron chi connectivity index (χ3n) is 3.20. The van der Waals surface area contributed by atoms with Crippen molar-refractivity contribution in [3.05, 3.63) is 29.0 Å². The van der Waals surface area contributed by atoms with Crippen LogP contribution in [0.25, 0.3) is 0 Å². The quantitative estimate of drug-likeness (QED) is 0.705. The highest BCUT2D eigenvalue weighted by molar-refractivity contribution is 6.31. The second-order valence-corrected chi connectivity index (χ2v) is 4.57. The lowest BCUT2D eigenvalue weighted by Gasteiger charge is -2.20. The van der Waals surface area contributed by atoms with Gasteiger partial charge in [0, 0.05) is 12.4 Å². The van der Waals surface area contributed by atoms with Crippen molar-refractivity contribution < 1.29 is 0 Å². The van der Waals surface area contributed by atoms with Crippen LogP contribution in [0.3, 0.4) is 0 Å². The van der Waals surface area contributed by atoms with E-state index in [2.05, 4.69) is 24.9 Å². The fraction of sp³-hybridized carbons (Fsp3) is 0.545. The number of nitrogens with zero attached hydrogens (tertiary/aromatic N) is 1. The second-order valence-electron chi connectivity index (χ2n) is 4.17. The molecule has 0 aromatic carbocycles. The van der Waals surface area contributed by atoms with E-state index in [4.69, 9.17) is 11.6 Å². The molecule has 1 nitrogen and oxygen atoms in total. The van der Waals surface area contributed by atoms with Crippen LogP contribution in [0.15, 0.2) is 18.5 Å². The topological polar surface area (TPSA) is 12.9 Å². The van der Waals surface area contributed by atoms with Crippen LogP contribution >= 0.6 is 11.6 Å². The summed E-state index contributed by atoms with van der Waals surface area (Å²) in [5.41, 5.74) is 1.65. The monoisotopic (exact) mass is 195 g/mol. The van der Waals surface area contributed by atoms with Crippen molar-refractivity contribution in [2.45, 2.75) is 32.1 Å². The van der Waals surface area contributed by atoms with E-state index in [1.807, 2.05) is 6.20 Å². The van der Waals surface area contributed by atoms with Gasteiger partial charge in [-0.1, -0.05) is 25.4 Å². The summed E-state index contributed by atoms with van der Waals surface area (Å²) in [5, 5.41) is 0.828. The molecule has 2 rings (SSSR count). The molecular formula is C11H14ClN. The van der Waals surface area contributed by atoms with Gasteiger partial charge in [-0.15, -0.1) is 0 Å². The minimum Gasteiger partial charge on any atom is -0.263 e. The molecule has 1 aromatic rings. The number of rotatable bonds is 2. The number of hydrogen-bond acceptors (Lipinski definition) is 1. The lowest BCUT2D eigenvalue weighted by molar-refractivity contribution is 0.481. The summed E-state index contributed by atoms with van der Waals surface area (Å²) in [6, 6.07) is 2.06. The summed E-state index contributed by atoms with van der Waals surface area (Å²) in [4.78, 5) is 4.01. The Morgan fingerprint density at radius 2 is 2.15 bits per heavy atom. The first-order valence-corrected chi connectivity index (χ1v) is 5.14. The van der Waals surface area contributed by atoms with Crippen LogP contribution < -0.4 is 0 Å². The highest BCUT2D eigenvalue weighted by Crippen LogP contribution is 2.55. The predicted molar refractivity (Wildman–Crippen MR) is 55.0 cm³/mol. The van der Waals surface area contributed by atoms with E-state index in [-0.39, 0.29) is 0 Å². The van der Waals surface area contributed by atoms with Gasteiger partial charge in [0.25, 0.3) is 0 Å². The van der Waals surface area contributed by atoms with Gasteiger partial charge in [0.1, 0.15) is 0 Å². The Morgan fingerprint density at radius 3 is 2.62 bits per heavy atom. The molecule has 2 heteroatoms. The van der Waals surface area contributed by atoms with E-state index in [0.717, 1.165) is 5.02 Å². The Morgan fingerprint density at radius 1 is 1.46 bits per heavy atom. The zero-order chi connectivity index (χ0) is 9.47. The molecule has 0 bridgehead atoms. The second kappa shape index (κ2) is 2.98. The van der Waals surface area contributed by atoms with E-state index < -0.39 is 0 Å². The van der Waals surface area contributed by atoms with Gasteiger partial charge < -0.3 is 0 Å². The average molecular weight is 196 g/mol. The Labute approximate surface area is 84.1 Å². The largest absolute Gasteiger partial charge is 0.263 e. The Bertz CT molecular complexity index is 316. The molecule has 1 saturated carbocycles. The Kier molecular flexibility index (Phi) is 2.07. The van der Waals surface area contributed by atoms with Crippen molar-refractivity contribution in [2.75, 3.05) is 0 Å². The Hall–Kier alpha value is -0.560. The molecule has 1 fully saturated rings. The van der Waals surface area contributed by atoms with Gasteiger partial charge in [0.15, 0.2) is 0 Å². The fourth-order valence-electron chi connectivity index (χ4n) is 2.07. The standard InChI is InChI=1S/C11H14ClN/c1-8(2)11(4-5-11)9-3-6-13-7-10(9)12/h3,6-8H,4-5H2,1-2H3. The van der Waals surface area contributed by atoms with Gasteiger partial charge >= 0.3 is 0 Å². The van der Waals surface area contributed by atoms with Crippen molar-refractivity contribution in [3.63, 3.8) is 0 Å². The minimum absolute atomic E-state index is 0.361. The number of hydrogen-bond donors (Lipinski definition) is 0. The van der Waals surface area contributed by atoms with Crippen LogP contribution in [0.2, 0.25) is 5.02 Å². The van der Waals surface area contributed by atoms with Gasteiger partial charge in [-0.2, -0.15) is 0 Å². The molecule has 1 aromatic heterocycles. The van der Waals surface area contributed by atoms with Gasteiger partial charge in [-0.3, -0.25) is 4.98 Å². The number of pyridine rings is 1. The molecule has 1 aliphatic carbocycles. The molecule has 70 valence electrons. The summed E-state index contributed by atoms with van der Waals surface area (Å²) >= 11 is 6.13. The highest BCUT2D eigenvalue weighted by Gasteiger charge is 2.47. The molecular weight excluding hydrogens is 182 g/mol. The maximum Gasteiger partial charge on any atom is 0.0627 e. The van der Waals surface area contributed by atoms with E-state index >= 15 is 0 Å². The Balaban J connectivity index is 2.41. The van der Waals surface area contributed by atoms with Crippen LogP contribution in [0.1, 0.15) is 32.3 Å². The first-order chi connectivity index (χ1) is 6.17.